The molecule has 1 N–H and O–H groups in total. The van der Waals surface area contributed by atoms with Crippen molar-refractivity contribution < 1.29 is 18.0 Å². The predicted octanol–water partition coefficient (Wildman–Crippen LogP) is 2.53. The number of nitrogens with zero attached hydrogens (tertiary/aromatic N) is 4. The van der Waals surface area contributed by atoms with Crippen molar-refractivity contribution in [3.63, 3.8) is 0 Å². The number of hydrogen-bond donors (Lipinski definition) is 1. The number of rotatable bonds is 4. The van der Waals surface area contributed by atoms with Crippen molar-refractivity contribution in [3.05, 3.63) is 70.4 Å². The maximum Gasteiger partial charge on any atom is 0.257 e. The van der Waals surface area contributed by atoms with Crippen molar-refractivity contribution >= 4 is 50.4 Å². The van der Waals surface area contributed by atoms with E-state index in [2.05, 4.69) is 15.4 Å². The van der Waals surface area contributed by atoms with E-state index >= 15 is 0 Å². The molecule has 34 heavy (non-hydrogen) atoms. The SMILES string of the molecule is CS(=O)(=O)c1cc(Cl)cc(C=CC(=O)N2CC3=CN(C(=O)c4ccc5[nH]nnc5c4)C[C@H]3C2)c1. The summed E-state index contributed by atoms with van der Waals surface area (Å²) in [5.74, 6) is -0.224. The number of carbonyl (C=O) groups excluding carboxylic acids is 2. The lowest BCUT2D eigenvalue weighted by Crippen LogP contribution is -2.32. The Kier molecular flexibility index (Phi) is 5.49. The van der Waals surface area contributed by atoms with Gasteiger partial charge in [0.2, 0.25) is 5.91 Å². The summed E-state index contributed by atoms with van der Waals surface area (Å²) in [7, 11) is -3.41. The zero-order valence-electron chi connectivity index (χ0n) is 18.1. The van der Waals surface area contributed by atoms with Crippen LogP contribution in [0.5, 0.6) is 0 Å². The second-order valence-corrected chi connectivity index (χ2v) is 10.9. The minimum atomic E-state index is -3.41. The van der Waals surface area contributed by atoms with E-state index in [0.29, 0.717) is 36.3 Å². The molecule has 0 aliphatic carbocycles. The van der Waals surface area contributed by atoms with Gasteiger partial charge in [0.1, 0.15) is 5.52 Å². The van der Waals surface area contributed by atoms with Gasteiger partial charge >= 0.3 is 0 Å². The standard InChI is InChI=1S/C23H20ClN5O4S/c1-34(32,33)19-7-14(6-18(24)9-19)2-5-22(30)28-10-16-12-29(13-17(16)11-28)23(31)15-3-4-20-21(8-15)26-27-25-20/h2-9,12,17H,10-11,13H2,1H3,(H,25,26,27)/t17-/m1/s1. The van der Waals surface area contributed by atoms with Crippen LogP contribution in [-0.4, -0.2) is 71.3 Å². The quantitative estimate of drug-likeness (QED) is 0.554. The van der Waals surface area contributed by atoms with Gasteiger partial charge in [-0.05, 0) is 53.6 Å². The number of amides is 2. The molecule has 11 heteroatoms. The van der Waals surface area contributed by atoms with E-state index < -0.39 is 9.84 Å². The van der Waals surface area contributed by atoms with Gasteiger partial charge in [0.25, 0.3) is 5.91 Å². The Balaban J connectivity index is 1.26. The molecule has 2 aliphatic rings. The van der Waals surface area contributed by atoms with Crippen molar-refractivity contribution in [2.24, 2.45) is 5.92 Å². The highest BCUT2D eigenvalue weighted by atomic mass is 35.5. The summed E-state index contributed by atoms with van der Waals surface area (Å²) < 4.78 is 23.6. The summed E-state index contributed by atoms with van der Waals surface area (Å²) in [6, 6.07) is 9.68. The van der Waals surface area contributed by atoms with E-state index in [9.17, 15) is 18.0 Å². The van der Waals surface area contributed by atoms with Gasteiger partial charge in [-0.25, -0.2) is 8.42 Å². The number of aromatic amines is 1. The van der Waals surface area contributed by atoms with Gasteiger partial charge in [-0.3, -0.25) is 14.7 Å². The summed E-state index contributed by atoms with van der Waals surface area (Å²) in [6.07, 6.45) is 5.90. The molecule has 0 spiro atoms. The minimum absolute atomic E-state index is 0.0834. The first-order valence-corrected chi connectivity index (χ1v) is 12.7. The van der Waals surface area contributed by atoms with Crippen LogP contribution < -0.4 is 0 Å². The number of fused-ring (bicyclic) bond motifs is 2. The van der Waals surface area contributed by atoms with Crippen LogP contribution in [0.4, 0.5) is 0 Å². The highest BCUT2D eigenvalue weighted by Crippen LogP contribution is 2.31. The maximum atomic E-state index is 12.9. The molecule has 1 aromatic heterocycles. The van der Waals surface area contributed by atoms with Gasteiger partial charge < -0.3 is 9.80 Å². The molecule has 9 nitrogen and oxygen atoms in total. The second-order valence-electron chi connectivity index (χ2n) is 8.45. The van der Waals surface area contributed by atoms with E-state index in [4.69, 9.17) is 11.6 Å². The number of carbonyl (C=O) groups is 2. The van der Waals surface area contributed by atoms with Gasteiger partial charge in [0.05, 0.1) is 10.4 Å². The van der Waals surface area contributed by atoms with E-state index in [1.165, 1.54) is 18.2 Å². The molecular formula is C23H20ClN5O4S. The van der Waals surface area contributed by atoms with Crippen molar-refractivity contribution in [3.8, 4) is 0 Å². The summed E-state index contributed by atoms with van der Waals surface area (Å²) in [5.41, 5.74) is 3.48. The van der Waals surface area contributed by atoms with Gasteiger partial charge in [0, 0.05) is 54.7 Å². The number of hydrogen-bond acceptors (Lipinski definition) is 6. The predicted molar refractivity (Wildman–Crippen MR) is 127 cm³/mol. The first-order chi connectivity index (χ1) is 16.2. The fraction of sp³-hybridized carbons (Fsp3) is 0.217. The molecule has 0 radical (unpaired) electrons. The zero-order valence-corrected chi connectivity index (χ0v) is 19.7. The zero-order chi connectivity index (χ0) is 24.0. The van der Waals surface area contributed by atoms with Crippen LogP contribution in [-0.2, 0) is 14.6 Å². The normalized spacial score (nSPS) is 18.1. The smallest absolute Gasteiger partial charge is 0.257 e. The number of likely N-dealkylation sites (tertiary alicyclic amines) is 1. The van der Waals surface area contributed by atoms with Gasteiger partial charge in [-0.1, -0.05) is 16.8 Å². The van der Waals surface area contributed by atoms with Gasteiger partial charge in [-0.15, -0.1) is 5.10 Å². The Bertz CT molecular complexity index is 1490. The van der Waals surface area contributed by atoms with Gasteiger partial charge in [0.15, 0.2) is 9.84 Å². The van der Waals surface area contributed by atoms with Crippen LogP contribution in [0.25, 0.3) is 17.1 Å². The Labute approximate surface area is 200 Å². The number of H-pyrrole nitrogens is 1. The van der Waals surface area contributed by atoms with Crippen molar-refractivity contribution in [2.45, 2.75) is 4.90 Å². The van der Waals surface area contributed by atoms with Crippen molar-refractivity contribution in [2.75, 3.05) is 25.9 Å². The lowest BCUT2D eigenvalue weighted by molar-refractivity contribution is -0.125. The molecule has 1 saturated heterocycles. The van der Waals surface area contributed by atoms with Crippen molar-refractivity contribution in [1.29, 1.82) is 0 Å². The van der Waals surface area contributed by atoms with Crippen LogP contribution in [0.15, 0.2) is 59.1 Å². The second kappa shape index (κ2) is 8.37. The van der Waals surface area contributed by atoms with E-state index in [1.54, 1.807) is 40.1 Å². The Morgan fingerprint density at radius 1 is 1.18 bits per heavy atom. The van der Waals surface area contributed by atoms with Gasteiger partial charge in [-0.2, -0.15) is 0 Å². The Hall–Kier alpha value is -3.50. The first-order valence-electron chi connectivity index (χ1n) is 10.5. The van der Waals surface area contributed by atoms with Crippen LogP contribution in [0.1, 0.15) is 15.9 Å². The molecule has 0 bridgehead atoms. The average molecular weight is 498 g/mol. The lowest BCUT2D eigenvalue weighted by atomic mass is 10.1. The molecule has 2 aliphatic heterocycles. The fourth-order valence-corrected chi connectivity index (χ4v) is 5.23. The molecule has 1 atom stereocenters. The molecule has 5 rings (SSSR count). The third-order valence-corrected chi connectivity index (χ3v) is 7.27. The van der Waals surface area contributed by atoms with Crippen LogP contribution in [0, 0.1) is 5.92 Å². The average Bonchev–Trinajstić information content (AvgIpc) is 3.50. The third-order valence-electron chi connectivity index (χ3n) is 5.96. The lowest BCUT2D eigenvalue weighted by Gasteiger charge is -2.19. The summed E-state index contributed by atoms with van der Waals surface area (Å²) >= 11 is 6.03. The van der Waals surface area contributed by atoms with E-state index in [0.717, 1.165) is 17.3 Å². The topological polar surface area (TPSA) is 116 Å². The summed E-state index contributed by atoms with van der Waals surface area (Å²) in [5, 5.41) is 10.7. The fourth-order valence-electron chi connectivity index (χ4n) is 4.23. The number of halogens is 1. The molecule has 3 heterocycles. The number of aromatic nitrogens is 3. The monoisotopic (exact) mass is 497 g/mol. The van der Waals surface area contributed by atoms with E-state index in [1.807, 2.05) is 6.20 Å². The highest BCUT2D eigenvalue weighted by Gasteiger charge is 2.36. The molecule has 2 amide bonds. The molecule has 0 unspecified atom stereocenters. The highest BCUT2D eigenvalue weighted by molar-refractivity contribution is 7.90. The third kappa shape index (κ3) is 4.34. The number of nitrogens with one attached hydrogen (secondary N) is 1. The minimum Gasteiger partial charge on any atom is -0.334 e. The summed E-state index contributed by atoms with van der Waals surface area (Å²) in [6.45, 7) is 1.44. The Morgan fingerprint density at radius 2 is 2.00 bits per heavy atom. The molecule has 3 aromatic rings. The Morgan fingerprint density at radius 3 is 2.76 bits per heavy atom. The molecule has 0 saturated carbocycles. The molecule has 174 valence electrons. The van der Waals surface area contributed by atoms with Crippen LogP contribution >= 0.6 is 11.6 Å². The largest absolute Gasteiger partial charge is 0.334 e. The number of benzene rings is 2. The molecular weight excluding hydrogens is 478 g/mol. The molecule has 1 fully saturated rings. The van der Waals surface area contributed by atoms with Crippen LogP contribution in [0.3, 0.4) is 0 Å². The molecule has 2 aromatic carbocycles. The van der Waals surface area contributed by atoms with E-state index in [-0.39, 0.29) is 27.7 Å². The first kappa shape index (κ1) is 22.3. The summed E-state index contributed by atoms with van der Waals surface area (Å²) in [4.78, 5) is 29.1. The number of sulfone groups is 1. The van der Waals surface area contributed by atoms with Crippen molar-refractivity contribution in [1.82, 2.24) is 25.2 Å². The maximum absolute atomic E-state index is 12.9. The van der Waals surface area contributed by atoms with Crippen LogP contribution in [0.2, 0.25) is 5.02 Å².